The van der Waals surface area contributed by atoms with Gasteiger partial charge in [0.15, 0.2) is 0 Å². The lowest BCUT2D eigenvalue weighted by Crippen LogP contribution is -2.24. The molecule has 1 aromatic rings. The van der Waals surface area contributed by atoms with Crippen LogP contribution in [0.5, 0.6) is 0 Å². The first-order valence-electron chi connectivity index (χ1n) is 4.42. The predicted molar refractivity (Wildman–Crippen MR) is 68.8 cm³/mol. The normalized spacial score (nSPS) is 10.6. The van der Waals surface area contributed by atoms with Gasteiger partial charge in [0.2, 0.25) is 0 Å². The van der Waals surface area contributed by atoms with Gasteiger partial charge in [0, 0.05) is 21.3 Å². The first-order valence-corrected chi connectivity index (χ1v) is 6.09. The average molecular weight is 297 g/mol. The van der Waals surface area contributed by atoms with E-state index in [1.54, 1.807) is 12.2 Å². The van der Waals surface area contributed by atoms with E-state index in [9.17, 15) is 4.79 Å². The fourth-order valence-electron chi connectivity index (χ4n) is 0.955. The van der Waals surface area contributed by atoms with E-state index in [4.69, 9.17) is 5.26 Å². The van der Waals surface area contributed by atoms with Crippen molar-refractivity contribution < 1.29 is 4.79 Å². The first-order chi connectivity index (χ1) is 7.67. The molecule has 0 unspecified atom stereocenters. The summed E-state index contributed by atoms with van der Waals surface area (Å²) in [4.78, 5) is 12.3. The molecule has 82 valence electrons. The van der Waals surface area contributed by atoms with Crippen molar-refractivity contribution in [2.24, 2.45) is 0 Å². The Balaban J connectivity index is 2.82. The third-order valence-electron chi connectivity index (χ3n) is 1.65. The van der Waals surface area contributed by atoms with Crippen molar-refractivity contribution in [1.82, 2.24) is 5.32 Å². The predicted octanol–water partition coefficient (Wildman–Crippen LogP) is 2.72. The maximum Gasteiger partial charge on any atom is 0.262 e. The summed E-state index contributed by atoms with van der Waals surface area (Å²) in [5.41, 5.74) is 0.0937. The molecule has 0 saturated heterocycles. The molecule has 1 N–H and O–H groups in total. The Kier molecular flexibility index (Phi) is 4.96. The maximum atomic E-state index is 11.5. The summed E-state index contributed by atoms with van der Waals surface area (Å²) >= 11 is 4.77. The molecule has 0 aliphatic carbocycles. The highest BCUT2D eigenvalue weighted by Gasteiger charge is 2.07. The van der Waals surface area contributed by atoms with E-state index in [-0.39, 0.29) is 11.5 Å². The number of hydrogen-bond donors (Lipinski definition) is 1. The molecule has 0 aromatic carbocycles. The molecule has 1 heterocycles. The van der Waals surface area contributed by atoms with Gasteiger partial charge in [-0.1, -0.05) is 6.08 Å². The van der Waals surface area contributed by atoms with Crippen LogP contribution in [0.3, 0.4) is 0 Å². The molecular weight excluding hydrogens is 288 g/mol. The Morgan fingerprint density at radius 1 is 1.75 bits per heavy atom. The monoisotopic (exact) mass is 296 g/mol. The van der Waals surface area contributed by atoms with E-state index in [2.05, 4.69) is 27.8 Å². The minimum Gasteiger partial charge on any atom is -0.348 e. The zero-order chi connectivity index (χ0) is 12.0. The van der Waals surface area contributed by atoms with Gasteiger partial charge < -0.3 is 5.32 Å². The van der Waals surface area contributed by atoms with Gasteiger partial charge in [-0.15, -0.1) is 17.9 Å². The summed E-state index contributed by atoms with van der Waals surface area (Å²) in [6, 6.07) is 3.72. The Morgan fingerprint density at radius 2 is 2.50 bits per heavy atom. The van der Waals surface area contributed by atoms with Gasteiger partial charge in [-0.3, -0.25) is 4.79 Å². The van der Waals surface area contributed by atoms with Crippen molar-refractivity contribution in [3.8, 4) is 6.07 Å². The molecule has 1 amide bonds. The number of nitrogens with zero attached hydrogens (tertiary/aromatic N) is 1. The molecule has 1 aromatic heterocycles. The average Bonchev–Trinajstić information content (AvgIpc) is 2.68. The van der Waals surface area contributed by atoms with Crippen LogP contribution in [0.2, 0.25) is 0 Å². The number of carbonyl (C=O) groups is 1. The molecule has 0 aliphatic heterocycles. The molecule has 0 radical (unpaired) electrons. The van der Waals surface area contributed by atoms with Gasteiger partial charge in [-0.05, 0) is 28.1 Å². The van der Waals surface area contributed by atoms with Crippen LogP contribution in [-0.4, -0.2) is 12.5 Å². The van der Waals surface area contributed by atoms with Crippen molar-refractivity contribution in [1.29, 1.82) is 5.26 Å². The summed E-state index contributed by atoms with van der Waals surface area (Å²) in [5, 5.41) is 13.3. The van der Waals surface area contributed by atoms with E-state index in [1.807, 2.05) is 17.5 Å². The zero-order valence-corrected chi connectivity index (χ0v) is 10.8. The summed E-state index contributed by atoms with van der Waals surface area (Å²) in [7, 11) is 0. The van der Waals surface area contributed by atoms with Crippen LogP contribution in [0.15, 0.2) is 34.1 Å². The second-order valence-corrected chi connectivity index (χ2v) is 4.69. The third kappa shape index (κ3) is 3.65. The number of halogens is 1. The molecule has 0 spiro atoms. The Labute approximate surface area is 106 Å². The fraction of sp³-hybridized carbons (Fsp3) is 0.0909. The van der Waals surface area contributed by atoms with Crippen molar-refractivity contribution in [2.75, 3.05) is 6.54 Å². The minimum absolute atomic E-state index is 0.0937. The number of nitrogens with one attached hydrogen (secondary N) is 1. The van der Waals surface area contributed by atoms with Gasteiger partial charge >= 0.3 is 0 Å². The van der Waals surface area contributed by atoms with Crippen molar-refractivity contribution in [3.05, 3.63) is 39.0 Å². The number of amides is 1. The molecule has 0 fully saturated rings. The summed E-state index contributed by atoms with van der Waals surface area (Å²) in [6.45, 7) is 3.84. The van der Waals surface area contributed by atoms with Crippen LogP contribution in [0, 0.1) is 11.3 Å². The van der Waals surface area contributed by atoms with Crippen molar-refractivity contribution in [3.63, 3.8) is 0 Å². The second-order valence-electron chi connectivity index (χ2n) is 2.84. The number of hydrogen-bond acceptors (Lipinski definition) is 3. The highest BCUT2D eigenvalue weighted by molar-refractivity contribution is 9.10. The molecule has 1 rings (SSSR count). The van der Waals surface area contributed by atoms with Gasteiger partial charge in [-0.25, -0.2) is 0 Å². The number of thiophene rings is 1. The molecule has 5 heteroatoms. The third-order valence-corrected chi connectivity index (χ3v) is 3.29. The fourth-order valence-corrected chi connectivity index (χ4v) is 2.33. The lowest BCUT2D eigenvalue weighted by Gasteiger charge is -1.98. The van der Waals surface area contributed by atoms with Gasteiger partial charge in [-0.2, -0.15) is 5.26 Å². The lowest BCUT2D eigenvalue weighted by molar-refractivity contribution is -0.116. The van der Waals surface area contributed by atoms with Gasteiger partial charge in [0.05, 0.1) is 0 Å². The molecule has 0 aliphatic rings. The van der Waals surface area contributed by atoms with Crippen LogP contribution in [0.4, 0.5) is 0 Å². The van der Waals surface area contributed by atoms with E-state index in [0.29, 0.717) is 6.54 Å². The Morgan fingerprint density at radius 3 is 3.00 bits per heavy atom. The van der Waals surface area contributed by atoms with Gasteiger partial charge in [0.25, 0.3) is 5.91 Å². The first kappa shape index (κ1) is 12.7. The van der Waals surface area contributed by atoms with Crippen LogP contribution in [0.1, 0.15) is 4.88 Å². The molecule has 0 saturated carbocycles. The molecule has 0 bridgehead atoms. The Hall–Kier alpha value is -1.38. The SMILES string of the molecule is C=CCNC(=O)/C(C#N)=C/c1cc(Br)cs1. The Bertz CT molecular complexity index is 471. The largest absolute Gasteiger partial charge is 0.348 e. The van der Waals surface area contributed by atoms with E-state index < -0.39 is 0 Å². The standard InChI is InChI=1S/C11H9BrN2OS/c1-2-3-14-11(15)8(6-13)4-10-5-9(12)7-16-10/h2,4-5,7H,1,3H2,(H,14,15)/b8-4+. The van der Waals surface area contributed by atoms with Crippen molar-refractivity contribution >= 4 is 39.2 Å². The van der Waals surface area contributed by atoms with E-state index >= 15 is 0 Å². The smallest absolute Gasteiger partial charge is 0.262 e. The molecular formula is C11H9BrN2OS. The van der Waals surface area contributed by atoms with Crippen LogP contribution in [0.25, 0.3) is 6.08 Å². The summed E-state index contributed by atoms with van der Waals surface area (Å²) < 4.78 is 0.938. The topological polar surface area (TPSA) is 52.9 Å². The minimum atomic E-state index is -0.382. The van der Waals surface area contributed by atoms with Crippen LogP contribution in [-0.2, 0) is 4.79 Å². The zero-order valence-electron chi connectivity index (χ0n) is 8.37. The van der Waals surface area contributed by atoms with Gasteiger partial charge in [0.1, 0.15) is 11.6 Å². The van der Waals surface area contributed by atoms with E-state index in [0.717, 1.165) is 9.35 Å². The summed E-state index contributed by atoms with van der Waals surface area (Å²) in [5.74, 6) is -0.382. The van der Waals surface area contributed by atoms with Crippen molar-refractivity contribution in [2.45, 2.75) is 0 Å². The van der Waals surface area contributed by atoms with Crippen LogP contribution < -0.4 is 5.32 Å². The molecule has 0 atom stereocenters. The molecule has 3 nitrogen and oxygen atoms in total. The number of rotatable bonds is 4. The van der Waals surface area contributed by atoms with E-state index in [1.165, 1.54) is 11.3 Å². The number of carbonyl (C=O) groups excluding carboxylic acids is 1. The van der Waals surface area contributed by atoms with Crippen LogP contribution >= 0.6 is 27.3 Å². The second kappa shape index (κ2) is 6.26. The molecule has 16 heavy (non-hydrogen) atoms. The maximum absolute atomic E-state index is 11.5. The highest BCUT2D eigenvalue weighted by atomic mass is 79.9. The summed E-state index contributed by atoms with van der Waals surface area (Å²) in [6.07, 6.45) is 3.13. The highest BCUT2D eigenvalue weighted by Crippen LogP contribution is 2.21. The number of nitriles is 1. The quantitative estimate of drug-likeness (QED) is 0.528. The lowest BCUT2D eigenvalue weighted by atomic mass is 10.2.